The van der Waals surface area contributed by atoms with Gasteiger partial charge in [0.05, 0.1) is 16.5 Å². The first-order valence-electron chi connectivity index (χ1n) is 8.19. The van der Waals surface area contributed by atoms with E-state index in [2.05, 4.69) is 5.32 Å². The average molecular weight is 398 g/mol. The molecule has 8 heteroatoms. The van der Waals surface area contributed by atoms with Gasteiger partial charge in [0.1, 0.15) is 0 Å². The number of esters is 1. The maximum absolute atomic E-state index is 13.0. The number of benzene rings is 2. The summed E-state index contributed by atoms with van der Waals surface area (Å²) in [5.74, 6) is -1.46. The highest BCUT2D eigenvalue weighted by molar-refractivity contribution is 6.31. The van der Waals surface area contributed by atoms with E-state index in [0.717, 1.165) is 12.1 Å². The molecule has 1 aliphatic rings. The fourth-order valence-corrected chi connectivity index (χ4v) is 2.68. The molecule has 0 bridgehead atoms. The summed E-state index contributed by atoms with van der Waals surface area (Å²) in [4.78, 5) is 24.6. The first kappa shape index (κ1) is 19.2. The number of carbonyl (C=O) groups is 2. The number of halogens is 4. The molecule has 1 N–H and O–H groups in total. The fourth-order valence-electron chi connectivity index (χ4n) is 2.46. The first-order chi connectivity index (χ1) is 12.8. The summed E-state index contributed by atoms with van der Waals surface area (Å²) < 4.78 is 44.3. The van der Waals surface area contributed by atoms with E-state index in [9.17, 15) is 22.8 Å². The van der Waals surface area contributed by atoms with E-state index in [4.69, 9.17) is 16.3 Å². The molecular formula is C19H15ClF3NO3. The zero-order chi connectivity index (χ0) is 19.6. The molecule has 0 aliphatic heterocycles. The Labute approximate surface area is 158 Å². The van der Waals surface area contributed by atoms with Crippen LogP contribution in [0.4, 0.5) is 18.9 Å². The molecule has 0 unspecified atom stereocenters. The van der Waals surface area contributed by atoms with Gasteiger partial charge >= 0.3 is 12.1 Å². The molecule has 4 nitrogen and oxygen atoms in total. The number of carbonyl (C=O) groups excluding carboxylic acids is 2. The highest BCUT2D eigenvalue weighted by Gasteiger charge is 2.36. The van der Waals surface area contributed by atoms with Crippen molar-refractivity contribution in [2.75, 3.05) is 5.32 Å². The number of ether oxygens (including phenoxy) is 1. The lowest BCUT2D eigenvalue weighted by molar-refractivity contribution is -0.156. The molecule has 0 heterocycles. The van der Waals surface area contributed by atoms with Crippen molar-refractivity contribution in [1.29, 1.82) is 0 Å². The lowest BCUT2D eigenvalue weighted by Gasteiger charge is -2.19. The SMILES string of the molecule is O=C(O[C@H](C(=O)Nc1ccc(Cl)c(C(F)(F)F)c1)c1ccccc1)C1CC1. The van der Waals surface area contributed by atoms with Crippen LogP contribution in [0.15, 0.2) is 48.5 Å². The number of nitrogens with one attached hydrogen (secondary N) is 1. The van der Waals surface area contributed by atoms with Gasteiger partial charge in [-0.05, 0) is 31.0 Å². The van der Waals surface area contributed by atoms with Gasteiger partial charge in [0, 0.05) is 11.3 Å². The Kier molecular flexibility index (Phi) is 5.41. The zero-order valence-electron chi connectivity index (χ0n) is 13.9. The van der Waals surface area contributed by atoms with Crippen LogP contribution in [0.3, 0.4) is 0 Å². The molecule has 0 spiro atoms. The van der Waals surface area contributed by atoms with Gasteiger partial charge in [0.15, 0.2) is 0 Å². The third kappa shape index (κ3) is 4.80. The molecule has 0 radical (unpaired) electrons. The highest BCUT2D eigenvalue weighted by atomic mass is 35.5. The van der Waals surface area contributed by atoms with Crippen molar-refractivity contribution < 1.29 is 27.5 Å². The lowest BCUT2D eigenvalue weighted by atomic mass is 10.1. The predicted molar refractivity (Wildman–Crippen MR) is 93.1 cm³/mol. The van der Waals surface area contributed by atoms with Crippen LogP contribution in [-0.2, 0) is 20.5 Å². The van der Waals surface area contributed by atoms with Crippen molar-refractivity contribution in [3.8, 4) is 0 Å². The van der Waals surface area contributed by atoms with Crippen molar-refractivity contribution in [2.24, 2.45) is 5.92 Å². The van der Waals surface area contributed by atoms with Gasteiger partial charge < -0.3 is 10.1 Å². The van der Waals surface area contributed by atoms with E-state index in [0.29, 0.717) is 18.4 Å². The van der Waals surface area contributed by atoms with Crippen molar-refractivity contribution in [3.63, 3.8) is 0 Å². The number of hydrogen-bond donors (Lipinski definition) is 1. The van der Waals surface area contributed by atoms with Crippen LogP contribution in [0.2, 0.25) is 5.02 Å². The van der Waals surface area contributed by atoms with Crippen LogP contribution >= 0.6 is 11.6 Å². The van der Waals surface area contributed by atoms with Crippen LogP contribution < -0.4 is 5.32 Å². The molecule has 3 rings (SSSR count). The van der Waals surface area contributed by atoms with Crippen LogP contribution in [0.1, 0.15) is 30.1 Å². The largest absolute Gasteiger partial charge is 0.447 e. The number of amides is 1. The Balaban J connectivity index is 1.83. The van der Waals surface area contributed by atoms with E-state index < -0.39 is 34.7 Å². The Bertz CT molecular complexity index is 851. The van der Waals surface area contributed by atoms with Crippen molar-refractivity contribution >= 4 is 29.2 Å². The average Bonchev–Trinajstić information content (AvgIpc) is 3.46. The predicted octanol–water partition coefficient (Wildman–Crippen LogP) is 4.99. The van der Waals surface area contributed by atoms with Crippen LogP contribution in [0, 0.1) is 5.92 Å². The standard InChI is InChI=1S/C19H15ClF3NO3/c20-15-9-8-13(10-14(15)19(21,22)23)24-17(25)16(11-4-2-1-3-5-11)27-18(26)12-6-7-12/h1-5,8-10,12,16H,6-7H2,(H,24,25)/t16-/m0/s1. The Morgan fingerprint density at radius 2 is 1.78 bits per heavy atom. The molecule has 2 aromatic rings. The Morgan fingerprint density at radius 3 is 2.37 bits per heavy atom. The van der Waals surface area contributed by atoms with Crippen LogP contribution in [0.5, 0.6) is 0 Å². The monoisotopic (exact) mass is 397 g/mol. The number of hydrogen-bond acceptors (Lipinski definition) is 3. The summed E-state index contributed by atoms with van der Waals surface area (Å²) in [6.45, 7) is 0. The molecule has 142 valence electrons. The topological polar surface area (TPSA) is 55.4 Å². The maximum atomic E-state index is 13.0. The summed E-state index contributed by atoms with van der Waals surface area (Å²) in [6, 6.07) is 11.3. The highest BCUT2D eigenvalue weighted by Crippen LogP contribution is 2.37. The van der Waals surface area contributed by atoms with Gasteiger partial charge in [0.2, 0.25) is 6.10 Å². The third-order valence-electron chi connectivity index (χ3n) is 4.02. The van der Waals surface area contributed by atoms with E-state index in [1.165, 1.54) is 6.07 Å². The van der Waals surface area contributed by atoms with Crippen molar-refractivity contribution in [2.45, 2.75) is 25.1 Å². The molecule has 0 aromatic heterocycles. The van der Waals surface area contributed by atoms with Crippen LogP contribution in [0.25, 0.3) is 0 Å². The molecule has 1 aliphatic carbocycles. The zero-order valence-corrected chi connectivity index (χ0v) is 14.7. The summed E-state index contributed by atoms with van der Waals surface area (Å²) in [5, 5.41) is 1.90. The summed E-state index contributed by atoms with van der Waals surface area (Å²) in [5.41, 5.74) is -0.734. The summed E-state index contributed by atoms with van der Waals surface area (Å²) in [6.07, 6.45) is -4.51. The smallest absolute Gasteiger partial charge is 0.417 e. The van der Waals surface area contributed by atoms with Gasteiger partial charge in [-0.25, -0.2) is 0 Å². The second-order valence-electron chi connectivity index (χ2n) is 6.18. The Hall–Kier alpha value is -2.54. The normalized spacial score (nSPS) is 15.1. The van der Waals surface area contributed by atoms with E-state index in [-0.39, 0.29) is 11.6 Å². The second-order valence-corrected chi connectivity index (χ2v) is 6.59. The maximum Gasteiger partial charge on any atom is 0.417 e. The minimum absolute atomic E-state index is 0.0971. The van der Waals surface area contributed by atoms with Gasteiger partial charge in [0.25, 0.3) is 5.91 Å². The fraction of sp³-hybridized carbons (Fsp3) is 0.263. The molecule has 1 saturated carbocycles. The first-order valence-corrected chi connectivity index (χ1v) is 8.56. The van der Waals surface area contributed by atoms with Gasteiger partial charge in [-0.2, -0.15) is 13.2 Å². The quantitative estimate of drug-likeness (QED) is 0.723. The van der Waals surface area contributed by atoms with Crippen molar-refractivity contribution in [1.82, 2.24) is 0 Å². The third-order valence-corrected chi connectivity index (χ3v) is 4.35. The molecule has 1 atom stereocenters. The Morgan fingerprint density at radius 1 is 1.11 bits per heavy atom. The number of alkyl halides is 3. The summed E-state index contributed by atoms with van der Waals surface area (Å²) in [7, 11) is 0. The van der Waals surface area contributed by atoms with Crippen LogP contribution in [-0.4, -0.2) is 11.9 Å². The van der Waals surface area contributed by atoms with Gasteiger partial charge in [-0.1, -0.05) is 41.9 Å². The lowest BCUT2D eigenvalue weighted by Crippen LogP contribution is -2.26. The number of anilines is 1. The molecule has 1 amide bonds. The molecule has 2 aromatic carbocycles. The minimum Gasteiger partial charge on any atom is -0.447 e. The van der Waals surface area contributed by atoms with E-state index >= 15 is 0 Å². The molecule has 1 fully saturated rings. The minimum atomic E-state index is -4.66. The van der Waals surface area contributed by atoms with Crippen molar-refractivity contribution in [3.05, 3.63) is 64.7 Å². The molecule has 0 saturated heterocycles. The van der Waals surface area contributed by atoms with Gasteiger partial charge in [-0.15, -0.1) is 0 Å². The van der Waals surface area contributed by atoms with E-state index in [1.807, 2.05) is 0 Å². The summed E-state index contributed by atoms with van der Waals surface area (Å²) >= 11 is 5.58. The number of rotatable bonds is 5. The van der Waals surface area contributed by atoms with Gasteiger partial charge in [-0.3, -0.25) is 9.59 Å². The molecule has 27 heavy (non-hydrogen) atoms. The molecular weight excluding hydrogens is 383 g/mol. The second kappa shape index (κ2) is 7.60. The van der Waals surface area contributed by atoms with E-state index in [1.54, 1.807) is 30.3 Å².